The molecule has 1 aliphatic rings. The standard InChI is InChI=1S/C12H18N4O3/c1-9(11(17)15-6-4-3-5-7-15)16-8-13-10(14-16)12(18)19-2/h8-9H,3-7H2,1-2H3. The maximum atomic E-state index is 12.3. The maximum Gasteiger partial charge on any atom is 0.377 e. The molecule has 2 rings (SSSR count). The van der Waals surface area contributed by atoms with Crippen molar-refractivity contribution in [1.29, 1.82) is 0 Å². The number of ether oxygens (including phenoxy) is 1. The molecule has 1 saturated heterocycles. The molecule has 1 fully saturated rings. The molecule has 2 heterocycles. The molecule has 0 aromatic carbocycles. The molecule has 0 radical (unpaired) electrons. The highest BCUT2D eigenvalue weighted by Gasteiger charge is 2.25. The van der Waals surface area contributed by atoms with Gasteiger partial charge < -0.3 is 9.64 Å². The molecule has 1 aliphatic heterocycles. The molecule has 104 valence electrons. The van der Waals surface area contributed by atoms with E-state index in [-0.39, 0.29) is 11.7 Å². The summed E-state index contributed by atoms with van der Waals surface area (Å²) in [4.78, 5) is 29.2. The van der Waals surface area contributed by atoms with Gasteiger partial charge in [0.25, 0.3) is 5.82 Å². The van der Waals surface area contributed by atoms with E-state index in [4.69, 9.17) is 0 Å². The van der Waals surface area contributed by atoms with Gasteiger partial charge in [0.2, 0.25) is 5.91 Å². The van der Waals surface area contributed by atoms with Crippen LogP contribution in [0.1, 0.15) is 42.8 Å². The summed E-state index contributed by atoms with van der Waals surface area (Å²) in [7, 11) is 1.27. The Morgan fingerprint density at radius 3 is 2.63 bits per heavy atom. The van der Waals surface area contributed by atoms with E-state index in [0.29, 0.717) is 0 Å². The smallest absolute Gasteiger partial charge is 0.377 e. The number of piperidine rings is 1. The summed E-state index contributed by atoms with van der Waals surface area (Å²) in [5, 5.41) is 3.98. The lowest BCUT2D eigenvalue weighted by atomic mass is 10.1. The van der Waals surface area contributed by atoms with E-state index in [1.165, 1.54) is 24.5 Å². The Bertz CT molecular complexity index is 465. The van der Waals surface area contributed by atoms with Gasteiger partial charge in [-0.25, -0.2) is 14.5 Å². The molecule has 0 aliphatic carbocycles. The molecule has 0 spiro atoms. The lowest BCUT2D eigenvalue weighted by Gasteiger charge is -2.29. The predicted octanol–water partition coefficient (Wildman–Crippen LogP) is 0.638. The molecule has 1 unspecified atom stereocenters. The first-order chi connectivity index (χ1) is 9.13. The number of nitrogens with zero attached hydrogens (tertiary/aromatic N) is 4. The highest BCUT2D eigenvalue weighted by molar-refractivity contribution is 5.85. The number of likely N-dealkylation sites (tertiary alicyclic amines) is 1. The summed E-state index contributed by atoms with van der Waals surface area (Å²) in [6.45, 7) is 3.34. The van der Waals surface area contributed by atoms with Crippen molar-refractivity contribution in [2.24, 2.45) is 0 Å². The molecule has 1 atom stereocenters. The van der Waals surface area contributed by atoms with Gasteiger partial charge >= 0.3 is 5.97 Å². The third-order valence-corrected chi connectivity index (χ3v) is 3.30. The molecule has 19 heavy (non-hydrogen) atoms. The van der Waals surface area contributed by atoms with Crippen LogP contribution in [0.3, 0.4) is 0 Å². The van der Waals surface area contributed by atoms with E-state index in [1.54, 1.807) is 6.92 Å². The van der Waals surface area contributed by atoms with Gasteiger partial charge in [-0.15, -0.1) is 5.10 Å². The van der Waals surface area contributed by atoms with Crippen molar-refractivity contribution in [3.63, 3.8) is 0 Å². The van der Waals surface area contributed by atoms with Crippen LogP contribution in [0.2, 0.25) is 0 Å². The first-order valence-electron chi connectivity index (χ1n) is 6.41. The molecular weight excluding hydrogens is 248 g/mol. The number of methoxy groups -OCH3 is 1. The van der Waals surface area contributed by atoms with Crippen LogP contribution in [0.25, 0.3) is 0 Å². The van der Waals surface area contributed by atoms with Gasteiger partial charge in [0.05, 0.1) is 7.11 Å². The van der Waals surface area contributed by atoms with Gasteiger partial charge in [-0.05, 0) is 26.2 Å². The molecular formula is C12H18N4O3. The largest absolute Gasteiger partial charge is 0.463 e. The Hall–Kier alpha value is -1.92. The Morgan fingerprint density at radius 1 is 1.32 bits per heavy atom. The molecule has 0 N–H and O–H groups in total. The Labute approximate surface area is 111 Å². The highest BCUT2D eigenvalue weighted by atomic mass is 16.5. The minimum atomic E-state index is -0.601. The number of carbonyl (C=O) groups is 2. The molecule has 1 aromatic heterocycles. The van der Waals surface area contributed by atoms with Crippen LogP contribution in [0.5, 0.6) is 0 Å². The quantitative estimate of drug-likeness (QED) is 0.750. The monoisotopic (exact) mass is 266 g/mol. The van der Waals surface area contributed by atoms with Gasteiger partial charge in [0.1, 0.15) is 12.4 Å². The maximum absolute atomic E-state index is 12.3. The number of esters is 1. The number of amides is 1. The highest BCUT2D eigenvalue weighted by Crippen LogP contribution is 2.15. The normalized spacial score (nSPS) is 17.1. The third-order valence-electron chi connectivity index (χ3n) is 3.30. The summed E-state index contributed by atoms with van der Waals surface area (Å²) >= 11 is 0. The van der Waals surface area contributed by atoms with Crippen molar-refractivity contribution in [3.8, 4) is 0 Å². The van der Waals surface area contributed by atoms with Gasteiger partial charge in [-0.1, -0.05) is 0 Å². The fourth-order valence-electron chi connectivity index (χ4n) is 2.14. The lowest BCUT2D eigenvalue weighted by molar-refractivity contribution is -0.135. The zero-order valence-corrected chi connectivity index (χ0v) is 11.2. The van der Waals surface area contributed by atoms with E-state index in [2.05, 4.69) is 14.8 Å². The predicted molar refractivity (Wildman–Crippen MR) is 66.5 cm³/mol. The topological polar surface area (TPSA) is 77.3 Å². The molecule has 1 aromatic rings. The number of carbonyl (C=O) groups excluding carboxylic acids is 2. The van der Waals surface area contributed by atoms with Gasteiger partial charge in [0.15, 0.2) is 0 Å². The van der Waals surface area contributed by atoms with Crippen LogP contribution >= 0.6 is 0 Å². The lowest BCUT2D eigenvalue weighted by Crippen LogP contribution is -2.39. The average Bonchev–Trinajstić information content (AvgIpc) is 2.95. The summed E-state index contributed by atoms with van der Waals surface area (Å²) in [5.74, 6) is -0.613. The zero-order valence-electron chi connectivity index (χ0n) is 11.2. The Morgan fingerprint density at radius 2 is 2.00 bits per heavy atom. The van der Waals surface area contributed by atoms with Crippen molar-refractivity contribution >= 4 is 11.9 Å². The first kappa shape index (κ1) is 13.5. The average molecular weight is 266 g/mol. The zero-order chi connectivity index (χ0) is 13.8. The van der Waals surface area contributed by atoms with E-state index in [1.807, 2.05) is 4.90 Å². The summed E-state index contributed by atoms with van der Waals surface area (Å²) in [5.41, 5.74) is 0. The number of hydrogen-bond donors (Lipinski definition) is 0. The van der Waals surface area contributed by atoms with Gasteiger partial charge in [-0.2, -0.15) is 0 Å². The van der Waals surface area contributed by atoms with Crippen LogP contribution in [0, 0.1) is 0 Å². The summed E-state index contributed by atoms with van der Waals surface area (Å²) in [6.07, 6.45) is 4.65. The second-order valence-electron chi connectivity index (χ2n) is 4.60. The van der Waals surface area contributed by atoms with Crippen LogP contribution in [-0.4, -0.2) is 51.7 Å². The molecule has 0 saturated carbocycles. The Kier molecular flexibility index (Phi) is 4.13. The molecule has 7 nitrogen and oxygen atoms in total. The SMILES string of the molecule is COC(=O)c1ncn(C(C)C(=O)N2CCCCC2)n1. The third kappa shape index (κ3) is 2.91. The van der Waals surface area contributed by atoms with Crippen molar-refractivity contribution < 1.29 is 14.3 Å². The second-order valence-corrected chi connectivity index (χ2v) is 4.60. The fourth-order valence-corrected chi connectivity index (χ4v) is 2.14. The summed E-state index contributed by atoms with van der Waals surface area (Å²) < 4.78 is 5.94. The second kappa shape index (κ2) is 5.81. The molecule has 1 amide bonds. The van der Waals surface area contributed by atoms with E-state index in [0.717, 1.165) is 25.9 Å². The van der Waals surface area contributed by atoms with Gasteiger partial charge in [-0.3, -0.25) is 4.79 Å². The van der Waals surface area contributed by atoms with Crippen molar-refractivity contribution in [2.45, 2.75) is 32.2 Å². The minimum absolute atomic E-state index is 0.0148. The number of hydrogen-bond acceptors (Lipinski definition) is 5. The number of rotatable bonds is 3. The van der Waals surface area contributed by atoms with E-state index >= 15 is 0 Å². The first-order valence-corrected chi connectivity index (χ1v) is 6.41. The minimum Gasteiger partial charge on any atom is -0.463 e. The van der Waals surface area contributed by atoms with Gasteiger partial charge in [0, 0.05) is 13.1 Å². The number of aromatic nitrogens is 3. The van der Waals surface area contributed by atoms with Crippen LogP contribution in [0.4, 0.5) is 0 Å². The van der Waals surface area contributed by atoms with Crippen LogP contribution in [0.15, 0.2) is 6.33 Å². The fraction of sp³-hybridized carbons (Fsp3) is 0.667. The van der Waals surface area contributed by atoms with Crippen molar-refractivity contribution in [3.05, 3.63) is 12.2 Å². The molecule has 7 heteroatoms. The summed E-state index contributed by atoms with van der Waals surface area (Å²) in [6, 6.07) is -0.455. The van der Waals surface area contributed by atoms with Crippen LogP contribution in [-0.2, 0) is 9.53 Å². The van der Waals surface area contributed by atoms with Crippen molar-refractivity contribution in [2.75, 3.05) is 20.2 Å². The van der Waals surface area contributed by atoms with Crippen molar-refractivity contribution in [1.82, 2.24) is 19.7 Å². The van der Waals surface area contributed by atoms with Crippen LogP contribution < -0.4 is 0 Å². The van der Waals surface area contributed by atoms with E-state index in [9.17, 15) is 9.59 Å². The Balaban J connectivity index is 2.05. The van der Waals surface area contributed by atoms with E-state index < -0.39 is 12.0 Å². The molecule has 0 bridgehead atoms.